The van der Waals surface area contributed by atoms with Gasteiger partial charge in [-0.3, -0.25) is 0 Å². The Labute approximate surface area is 183 Å². The van der Waals surface area contributed by atoms with Crippen LogP contribution in [0.15, 0.2) is 47.6 Å². The quantitative estimate of drug-likeness (QED) is 0.504. The summed E-state index contributed by atoms with van der Waals surface area (Å²) in [6.45, 7) is 14.7. The van der Waals surface area contributed by atoms with E-state index in [2.05, 4.69) is 39.2 Å². The fourth-order valence-corrected chi connectivity index (χ4v) is 6.59. The number of hydrogen-bond acceptors (Lipinski definition) is 3. The lowest BCUT2D eigenvalue weighted by atomic mass is 9.60. The van der Waals surface area contributed by atoms with E-state index in [0.717, 1.165) is 30.8 Å². The van der Waals surface area contributed by atoms with Crippen LogP contribution in [0.1, 0.15) is 78.6 Å². The van der Waals surface area contributed by atoms with Crippen molar-refractivity contribution in [3.63, 3.8) is 0 Å². The number of rotatable bonds is 6. The van der Waals surface area contributed by atoms with Crippen LogP contribution in [-0.2, 0) is 0 Å². The van der Waals surface area contributed by atoms with Crippen molar-refractivity contribution in [1.29, 1.82) is 0 Å². The first-order valence-electron chi connectivity index (χ1n) is 12.0. The summed E-state index contributed by atoms with van der Waals surface area (Å²) in [5, 5.41) is 30.0. The molecule has 3 fully saturated rings. The summed E-state index contributed by atoms with van der Waals surface area (Å²) in [5.74, 6) is 2.09. The second-order valence-corrected chi connectivity index (χ2v) is 10.5. The van der Waals surface area contributed by atoms with Crippen LogP contribution in [0.3, 0.4) is 0 Å². The van der Waals surface area contributed by atoms with Gasteiger partial charge in [0.15, 0.2) is 0 Å². The monoisotopic (exact) mass is 414 g/mol. The Morgan fingerprint density at radius 1 is 1.13 bits per heavy atom. The van der Waals surface area contributed by atoms with E-state index in [1.165, 1.54) is 37.7 Å². The highest BCUT2D eigenvalue weighted by Crippen LogP contribution is 2.59. The third-order valence-corrected chi connectivity index (χ3v) is 8.44. The summed E-state index contributed by atoms with van der Waals surface area (Å²) in [6.07, 6.45) is 12.6. The molecule has 0 heterocycles. The molecule has 0 unspecified atom stereocenters. The maximum Gasteiger partial charge on any atom is 0.102 e. The predicted octanol–water partition coefficient (Wildman–Crippen LogP) is 5.48. The Kier molecular flexibility index (Phi) is 7.48. The van der Waals surface area contributed by atoms with Crippen molar-refractivity contribution in [2.24, 2.45) is 23.2 Å². The molecule has 0 radical (unpaired) electrons. The SMILES string of the molecule is C=C1/C(=C\C=C2/CCC[C@]3(C)[C@@H]([C@@H](C)CCC[C@H](C)O)CC[C@@H]23)C[C@@H](O)C(=C)[C@@H]1O. The Morgan fingerprint density at radius 2 is 1.87 bits per heavy atom. The Hall–Kier alpha value is -1.16. The van der Waals surface area contributed by atoms with E-state index in [-0.39, 0.29) is 6.10 Å². The normalized spacial score (nSPS) is 39.4. The summed E-state index contributed by atoms with van der Waals surface area (Å²) in [6, 6.07) is 0. The van der Waals surface area contributed by atoms with E-state index in [4.69, 9.17) is 0 Å². The van der Waals surface area contributed by atoms with Crippen LogP contribution in [0, 0.1) is 23.2 Å². The summed E-state index contributed by atoms with van der Waals surface area (Å²) in [4.78, 5) is 0. The van der Waals surface area contributed by atoms with E-state index in [0.29, 0.717) is 34.8 Å². The lowest BCUT2D eigenvalue weighted by molar-refractivity contribution is 0.0907. The lowest BCUT2D eigenvalue weighted by Gasteiger charge is -2.44. The van der Waals surface area contributed by atoms with E-state index < -0.39 is 12.2 Å². The number of hydrogen-bond donors (Lipinski definition) is 3. The molecule has 3 rings (SSSR count). The Balaban J connectivity index is 1.73. The fraction of sp³-hybridized carbons (Fsp3) is 0.704. The molecule has 0 bridgehead atoms. The minimum absolute atomic E-state index is 0.190. The van der Waals surface area contributed by atoms with Crippen LogP contribution in [0.25, 0.3) is 0 Å². The van der Waals surface area contributed by atoms with Crippen molar-refractivity contribution < 1.29 is 15.3 Å². The van der Waals surface area contributed by atoms with Gasteiger partial charge in [-0.05, 0) is 85.3 Å². The molecular formula is C27H42O3. The van der Waals surface area contributed by atoms with Gasteiger partial charge >= 0.3 is 0 Å². The Bertz CT molecular complexity index is 716. The maximum absolute atomic E-state index is 10.3. The molecule has 0 saturated heterocycles. The molecule has 3 aliphatic rings. The van der Waals surface area contributed by atoms with E-state index in [9.17, 15) is 15.3 Å². The Morgan fingerprint density at radius 3 is 2.57 bits per heavy atom. The summed E-state index contributed by atoms with van der Waals surface area (Å²) < 4.78 is 0. The van der Waals surface area contributed by atoms with Gasteiger partial charge in [-0.1, -0.05) is 57.6 Å². The van der Waals surface area contributed by atoms with Crippen LogP contribution >= 0.6 is 0 Å². The summed E-state index contributed by atoms with van der Waals surface area (Å²) in [7, 11) is 0. The number of fused-ring (bicyclic) bond motifs is 1. The fourth-order valence-electron chi connectivity index (χ4n) is 6.59. The second-order valence-electron chi connectivity index (χ2n) is 10.5. The minimum Gasteiger partial charge on any atom is -0.393 e. The molecule has 3 aliphatic carbocycles. The van der Waals surface area contributed by atoms with Gasteiger partial charge in [0.05, 0.1) is 12.2 Å². The molecule has 3 heteroatoms. The van der Waals surface area contributed by atoms with Crippen LogP contribution in [0.2, 0.25) is 0 Å². The van der Waals surface area contributed by atoms with Gasteiger partial charge in [0, 0.05) is 6.42 Å². The van der Waals surface area contributed by atoms with Crippen molar-refractivity contribution >= 4 is 0 Å². The third kappa shape index (κ3) is 4.69. The molecule has 0 aromatic rings. The van der Waals surface area contributed by atoms with Crippen LogP contribution in [0.4, 0.5) is 0 Å². The molecule has 7 atom stereocenters. The summed E-state index contributed by atoms with van der Waals surface area (Å²) in [5.41, 5.74) is 3.98. The maximum atomic E-state index is 10.3. The van der Waals surface area contributed by atoms with Crippen molar-refractivity contribution in [3.05, 3.63) is 47.6 Å². The highest BCUT2D eigenvalue weighted by atomic mass is 16.3. The molecule has 0 aromatic carbocycles. The minimum atomic E-state index is -0.839. The van der Waals surface area contributed by atoms with Gasteiger partial charge in [-0.25, -0.2) is 0 Å². The van der Waals surface area contributed by atoms with Crippen molar-refractivity contribution in [2.45, 2.75) is 96.9 Å². The lowest BCUT2D eigenvalue weighted by Crippen LogP contribution is -2.36. The molecule has 0 aliphatic heterocycles. The molecule has 30 heavy (non-hydrogen) atoms. The van der Waals surface area contributed by atoms with Crippen molar-refractivity contribution in [3.8, 4) is 0 Å². The smallest absolute Gasteiger partial charge is 0.102 e. The van der Waals surface area contributed by atoms with Crippen LogP contribution in [0.5, 0.6) is 0 Å². The zero-order chi connectivity index (χ0) is 22.1. The zero-order valence-electron chi connectivity index (χ0n) is 19.2. The number of allylic oxidation sites excluding steroid dienone is 3. The van der Waals surface area contributed by atoms with Crippen LogP contribution < -0.4 is 0 Å². The van der Waals surface area contributed by atoms with E-state index >= 15 is 0 Å². The van der Waals surface area contributed by atoms with Gasteiger partial charge in [0.1, 0.15) is 6.10 Å². The molecule has 0 aromatic heterocycles. The third-order valence-electron chi connectivity index (χ3n) is 8.44. The van der Waals surface area contributed by atoms with E-state index in [1.807, 2.05) is 6.92 Å². The number of aliphatic hydroxyl groups is 3. The molecule has 168 valence electrons. The average Bonchev–Trinajstić information content (AvgIpc) is 3.05. The molecular weight excluding hydrogens is 372 g/mol. The van der Waals surface area contributed by atoms with Gasteiger partial charge in [0.2, 0.25) is 0 Å². The molecule has 3 saturated carbocycles. The predicted molar refractivity (Wildman–Crippen MR) is 124 cm³/mol. The molecule has 0 spiro atoms. The van der Waals surface area contributed by atoms with E-state index in [1.54, 1.807) is 0 Å². The van der Waals surface area contributed by atoms with Gasteiger partial charge in [-0.15, -0.1) is 0 Å². The average molecular weight is 415 g/mol. The van der Waals surface area contributed by atoms with Gasteiger partial charge in [-0.2, -0.15) is 0 Å². The highest BCUT2D eigenvalue weighted by molar-refractivity contribution is 5.45. The second kappa shape index (κ2) is 9.54. The molecule has 3 nitrogen and oxygen atoms in total. The first-order valence-corrected chi connectivity index (χ1v) is 12.0. The zero-order valence-corrected chi connectivity index (χ0v) is 19.2. The topological polar surface area (TPSA) is 60.7 Å². The largest absolute Gasteiger partial charge is 0.393 e. The first-order chi connectivity index (χ1) is 14.1. The highest BCUT2D eigenvalue weighted by Gasteiger charge is 2.50. The van der Waals surface area contributed by atoms with Gasteiger partial charge < -0.3 is 15.3 Å². The van der Waals surface area contributed by atoms with Crippen LogP contribution in [-0.4, -0.2) is 33.6 Å². The van der Waals surface area contributed by atoms with Gasteiger partial charge in [0.25, 0.3) is 0 Å². The summed E-state index contributed by atoms with van der Waals surface area (Å²) >= 11 is 0. The standard InChI is InChI=1S/C27H42O3/c1-17(8-6-9-18(2)28)23-13-14-24-21(10-7-15-27(23,24)5)11-12-22-16-25(29)20(4)26(30)19(22)3/h11-12,17-18,23-26,28-30H,3-4,6-10,13-16H2,1-2,5H3/b21-11+,22-12-/t17-,18-,23+,24-,25+,26+,27+/m0/s1. The number of aliphatic hydroxyl groups excluding tert-OH is 3. The van der Waals surface area contributed by atoms with Crippen molar-refractivity contribution in [2.75, 3.05) is 0 Å². The first kappa shape index (κ1) is 23.5. The molecule has 3 N–H and O–H groups in total. The van der Waals surface area contributed by atoms with Crippen molar-refractivity contribution in [1.82, 2.24) is 0 Å². The molecule has 0 amide bonds.